The molecule has 0 aliphatic carbocycles. The van der Waals surface area contributed by atoms with Gasteiger partial charge in [0.25, 0.3) is 0 Å². The van der Waals surface area contributed by atoms with Crippen LogP contribution in [0.15, 0.2) is 71.6 Å². The lowest BCUT2D eigenvalue weighted by atomic mass is 10.1. The zero-order chi connectivity index (χ0) is 28.8. The van der Waals surface area contributed by atoms with Gasteiger partial charge in [0.1, 0.15) is 12.1 Å². The van der Waals surface area contributed by atoms with Crippen molar-refractivity contribution in [2.75, 3.05) is 30.3 Å². The van der Waals surface area contributed by atoms with E-state index in [4.69, 9.17) is 10.1 Å². The van der Waals surface area contributed by atoms with Crippen molar-refractivity contribution in [1.29, 1.82) is 0 Å². The zero-order valence-corrected chi connectivity index (χ0v) is 25.1. The zero-order valence-electron chi connectivity index (χ0n) is 23.5. The fourth-order valence-electron chi connectivity index (χ4n) is 3.92. The van der Waals surface area contributed by atoms with E-state index in [-0.39, 0.29) is 12.2 Å². The van der Waals surface area contributed by atoms with E-state index in [1.54, 1.807) is 29.5 Å². The largest absolute Gasteiger partial charge is 0.400 e. The Bertz CT molecular complexity index is 1330. The molecule has 3 aromatic carbocycles. The molecule has 8 heteroatoms. The number of anilines is 2. The summed E-state index contributed by atoms with van der Waals surface area (Å²) in [5.41, 5.74) is 6.85. The minimum Gasteiger partial charge on any atom is -0.400 e. The molecule has 0 amide bonds. The highest BCUT2D eigenvalue weighted by Gasteiger charge is 2.22. The summed E-state index contributed by atoms with van der Waals surface area (Å²) in [6.07, 6.45) is 1.94. The number of hydrogen-bond acceptors (Lipinski definition) is 7. The van der Waals surface area contributed by atoms with Gasteiger partial charge in [0.15, 0.2) is 5.13 Å². The van der Waals surface area contributed by atoms with Crippen LogP contribution in [0.25, 0.3) is 11.3 Å². The van der Waals surface area contributed by atoms with Crippen molar-refractivity contribution in [2.24, 2.45) is 0 Å². The van der Waals surface area contributed by atoms with Gasteiger partial charge < -0.3 is 19.5 Å². The maximum Gasteiger partial charge on any atom is 0.183 e. The summed E-state index contributed by atoms with van der Waals surface area (Å²) in [4.78, 5) is 17.3. The number of benzene rings is 3. The number of aromatic nitrogens is 1. The van der Waals surface area contributed by atoms with E-state index >= 15 is 0 Å². The Hall–Kier alpha value is -3.20. The van der Waals surface area contributed by atoms with Gasteiger partial charge in [-0.2, -0.15) is 0 Å². The first kappa shape index (κ1) is 32.0. The van der Waals surface area contributed by atoms with E-state index in [1.165, 1.54) is 38.2 Å². The van der Waals surface area contributed by atoms with Crippen LogP contribution in [0.4, 0.5) is 15.2 Å². The maximum absolute atomic E-state index is 12.6. The van der Waals surface area contributed by atoms with E-state index in [0.29, 0.717) is 11.8 Å². The van der Waals surface area contributed by atoms with Crippen LogP contribution < -0.4 is 9.62 Å². The number of hydrogen-bond donors (Lipinski definition) is 2. The SMILES string of the molecule is CC.CNc1nc(-c2ccc3c(c2)CCN3Sc2ccccc2C)c(C)s1.CO.O=CCc1ccccc1F. The van der Waals surface area contributed by atoms with Gasteiger partial charge in [-0.3, -0.25) is 0 Å². The minimum atomic E-state index is -0.311. The Labute approximate surface area is 240 Å². The summed E-state index contributed by atoms with van der Waals surface area (Å²) in [6, 6.07) is 21.6. The number of carbonyl (C=O) groups excluding carboxylic acids is 1. The standard InChI is InChI=1S/C20H21N3S2.C8H7FO.C2H6.CH4O/c1-13-6-4-5-7-18(13)25-23-11-10-15-12-16(8-9-17(15)23)19-14(2)24-20(21-3)22-19;9-8-4-2-1-3-7(8)5-6-10;2*1-2/h4-9,12H,10-11H2,1-3H3,(H,21,22);1-4,6H,5H2;1-2H3;2H,1H3. The van der Waals surface area contributed by atoms with Crippen LogP contribution in [-0.2, 0) is 17.6 Å². The van der Waals surface area contributed by atoms with Crippen molar-refractivity contribution >= 4 is 40.4 Å². The lowest BCUT2D eigenvalue weighted by Gasteiger charge is -2.19. The molecular formula is C31H38FN3O2S2. The van der Waals surface area contributed by atoms with Crippen LogP contribution >= 0.6 is 23.3 Å². The molecule has 5 nitrogen and oxygen atoms in total. The van der Waals surface area contributed by atoms with Crippen molar-refractivity contribution in [3.63, 3.8) is 0 Å². The molecule has 2 N–H and O–H groups in total. The van der Waals surface area contributed by atoms with Crippen LogP contribution in [-0.4, -0.2) is 37.1 Å². The molecule has 0 fully saturated rings. The van der Waals surface area contributed by atoms with Crippen LogP contribution in [0.1, 0.15) is 35.4 Å². The number of halogens is 1. The lowest BCUT2D eigenvalue weighted by molar-refractivity contribution is -0.107. The fraction of sp³-hybridized carbons (Fsp3) is 0.290. The molecule has 0 atom stereocenters. The molecule has 1 aromatic heterocycles. The molecule has 0 unspecified atom stereocenters. The predicted molar refractivity (Wildman–Crippen MR) is 166 cm³/mol. The summed E-state index contributed by atoms with van der Waals surface area (Å²) in [7, 11) is 2.92. The minimum absolute atomic E-state index is 0.159. The number of fused-ring (bicyclic) bond motifs is 1. The maximum atomic E-state index is 12.6. The van der Waals surface area contributed by atoms with Crippen LogP contribution in [0.3, 0.4) is 0 Å². The highest BCUT2D eigenvalue weighted by molar-refractivity contribution is 8.00. The average molecular weight is 568 g/mol. The monoisotopic (exact) mass is 567 g/mol. The van der Waals surface area contributed by atoms with Gasteiger partial charge in [0, 0.05) is 42.5 Å². The summed E-state index contributed by atoms with van der Waals surface area (Å²) in [5.74, 6) is -0.311. The molecule has 5 rings (SSSR count). The van der Waals surface area contributed by atoms with Crippen molar-refractivity contribution in [3.05, 3.63) is 94.1 Å². The van der Waals surface area contributed by atoms with Gasteiger partial charge in [0.2, 0.25) is 0 Å². The molecule has 0 saturated carbocycles. The second kappa shape index (κ2) is 16.7. The van der Waals surface area contributed by atoms with Gasteiger partial charge in [-0.05, 0) is 73.2 Å². The fourth-order valence-corrected chi connectivity index (χ4v) is 5.75. The van der Waals surface area contributed by atoms with Gasteiger partial charge in [-0.15, -0.1) is 11.3 Å². The summed E-state index contributed by atoms with van der Waals surface area (Å²) in [6.45, 7) is 9.36. The third-order valence-electron chi connectivity index (χ3n) is 5.78. The number of carbonyl (C=O) groups is 1. The Morgan fingerprint density at radius 1 is 1.08 bits per heavy atom. The normalized spacial score (nSPS) is 11.1. The second-order valence-electron chi connectivity index (χ2n) is 8.19. The molecule has 0 saturated heterocycles. The first-order chi connectivity index (χ1) is 19.0. The van der Waals surface area contributed by atoms with Crippen molar-refractivity contribution in [3.8, 4) is 11.3 Å². The Balaban J connectivity index is 0.000000320. The number of rotatable bonds is 6. The molecule has 208 valence electrons. The molecular weight excluding hydrogens is 529 g/mol. The number of aldehydes is 1. The average Bonchev–Trinajstić information content (AvgIpc) is 3.56. The molecule has 0 radical (unpaired) electrons. The van der Waals surface area contributed by atoms with Crippen LogP contribution in [0.2, 0.25) is 0 Å². The van der Waals surface area contributed by atoms with Gasteiger partial charge in [-0.1, -0.05) is 56.3 Å². The lowest BCUT2D eigenvalue weighted by Crippen LogP contribution is -2.10. The topological polar surface area (TPSA) is 65.5 Å². The number of aliphatic hydroxyl groups is 1. The molecule has 0 bridgehead atoms. The third kappa shape index (κ3) is 8.65. The van der Waals surface area contributed by atoms with E-state index < -0.39 is 0 Å². The third-order valence-corrected chi connectivity index (χ3v) is 8.02. The molecule has 1 aliphatic rings. The number of nitrogens with one attached hydrogen (secondary N) is 1. The van der Waals surface area contributed by atoms with Crippen LogP contribution in [0.5, 0.6) is 0 Å². The number of thiazole rings is 1. The quantitative estimate of drug-likeness (QED) is 0.184. The van der Waals surface area contributed by atoms with Crippen molar-refractivity contribution < 1.29 is 14.3 Å². The smallest absolute Gasteiger partial charge is 0.183 e. The second-order valence-corrected chi connectivity index (χ2v) is 10.5. The summed E-state index contributed by atoms with van der Waals surface area (Å²) >= 11 is 3.55. The first-order valence-corrected chi connectivity index (χ1v) is 14.5. The Morgan fingerprint density at radius 2 is 1.77 bits per heavy atom. The van der Waals surface area contributed by atoms with Gasteiger partial charge in [0.05, 0.1) is 11.4 Å². The van der Waals surface area contributed by atoms with E-state index in [2.05, 4.69) is 65.9 Å². The van der Waals surface area contributed by atoms with Gasteiger partial charge >= 0.3 is 0 Å². The summed E-state index contributed by atoms with van der Waals surface area (Å²) < 4.78 is 15.0. The number of aryl methyl sites for hydroxylation is 2. The molecule has 4 aromatic rings. The van der Waals surface area contributed by atoms with Gasteiger partial charge in [-0.25, -0.2) is 9.37 Å². The molecule has 0 spiro atoms. The highest BCUT2D eigenvalue weighted by Crippen LogP contribution is 2.40. The van der Waals surface area contributed by atoms with E-state index in [9.17, 15) is 9.18 Å². The molecule has 2 heterocycles. The van der Waals surface area contributed by atoms with E-state index in [1.807, 2.05) is 32.8 Å². The van der Waals surface area contributed by atoms with Crippen molar-refractivity contribution in [2.45, 2.75) is 45.4 Å². The summed E-state index contributed by atoms with van der Waals surface area (Å²) in [5, 5.41) is 11.1. The Kier molecular flexibility index (Phi) is 13.7. The number of nitrogens with zero attached hydrogens (tertiary/aromatic N) is 2. The highest BCUT2D eigenvalue weighted by atomic mass is 32.2. The molecule has 1 aliphatic heterocycles. The Morgan fingerprint density at radius 3 is 2.41 bits per heavy atom. The first-order valence-electron chi connectivity index (χ1n) is 12.9. The predicted octanol–water partition coefficient (Wildman–Crippen LogP) is 7.74. The van der Waals surface area contributed by atoms with E-state index in [0.717, 1.165) is 30.9 Å². The molecule has 39 heavy (non-hydrogen) atoms. The number of aliphatic hydroxyl groups excluding tert-OH is 1. The van der Waals surface area contributed by atoms with Crippen LogP contribution in [0, 0.1) is 19.7 Å². The van der Waals surface area contributed by atoms with Crippen molar-refractivity contribution in [1.82, 2.24) is 4.98 Å².